The summed E-state index contributed by atoms with van der Waals surface area (Å²) in [6, 6.07) is 3.50. The third kappa shape index (κ3) is 2.84. The molecular formula is C9H15NO3. The molecule has 1 unspecified atom stereocenters. The van der Waals surface area contributed by atoms with Gasteiger partial charge in [-0.1, -0.05) is 0 Å². The van der Waals surface area contributed by atoms with Crippen LogP contribution in [0.15, 0.2) is 16.5 Å². The minimum Gasteiger partial charge on any atom is -0.462 e. The predicted molar refractivity (Wildman–Crippen MR) is 48.2 cm³/mol. The Morgan fingerprint density at radius 1 is 1.38 bits per heavy atom. The Morgan fingerprint density at radius 2 is 2.15 bits per heavy atom. The maximum Gasteiger partial charge on any atom is 0.129 e. The highest BCUT2D eigenvalue weighted by Crippen LogP contribution is 2.15. The van der Waals surface area contributed by atoms with Gasteiger partial charge in [0.2, 0.25) is 0 Å². The van der Waals surface area contributed by atoms with E-state index in [4.69, 9.17) is 19.6 Å². The molecule has 0 aliphatic rings. The van der Waals surface area contributed by atoms with Crippen molar-refractivity contribution < 1.29 is 13.9 Å². The molecule has 0 aromatic carbocycles. The molecule has 0 fully saturated rings. The van der Waals surface area contributed by atoms with Gasteiger partial charge in [0, 0.05) is 14.2 Å². The van der Waals surface area contributed by atoms with Crippen molar-refractivity contribution in [1.29, 1.82) is 0 Å². The van der Waals surface area contributed by atoms with E-state index in [2.05, 4.69) is 0 Å². The van der Waals surface area contributed by atoms with Crippen molar-refractivity contribution >= 4 is 0 Å². The Bertz CT molecular complexity index is 247. The van der Waals surface area contributed by atoms with Gasteiger partial charge >= 0.3 is 0 Å². The van der Waals surface area contributed by atoms with Gasteiger partial charge < -0.3 is 19.6 Å². The number of methoxy groups -OCH3 is 2. The number of rotatable bonds is 5. The van der Waals surface area contributed by atoms with E-state index in [1.807, 2.05) is 12.1 Å². The molecule has 0 aliphatic heterocycles. The fraction of sp³-hybridized carbons (Fsp3) is 0.556. The van der Waals surface area contributed by atoms with E-state index < -0.39 is 0 Å². The van der Waals surface area contributed by atoms with Gasteiger partial charge in [-0.3, -0.25) is 0 Å². The summed E-state index contributed by atoms with van der Waals surface area (Å²) in [6.45, 7) is 0.930. The predicted octanol–water partition coefficient (Wildman–Crippen LogP) is 1.07. The first kappa shape index (κ1) is 10.2. The number of nitrogens with two attached hydrogens (primary N) is 1. The highest BCUT2D eigenvalue weighted by Gasteiger charge is 2.10. The molecule has 13 heavy (non-hydrogen) atoms. The van der Waals surface area contributed by atoms with Gasteiger partial charge in [0.25, 0.3) is 0 Å². The molecule has 1 aromatic rings. The second-order valence-corrected chi connectivity index (χ2v) is 2.80. The molecule has 0 saturated heterocycles. The van der Waals surface area contributed by atoms with Crippen LogP contribution in [0.5, 0.6) is 0 Å². The lowest BCUT2D eigenvalue weighted by Gasteiger charge is -2.06. The van der Waals surface area contributed by atoms with Crippen molar-refractivity contribution in [3.8, 4) is 0 Å². The summed E-state index contributed by atoms with van der Waals surface area (Å²) in [7, 11) is 3.23. The lowest BCUT2D eigenvalue weighted by Crippen LogP contribution is -2.15. The average molecular weight is 185 g/mol. The van der Waals surface area contributed by atoms with E-state index in [1.165, 1.54) is 0 Å². The lowest BCUT2D eigenvalue weighted by atomic mass is 10.2. The maximum absolute atomic E-state index is 5.76. The Hall–Kier alpha value is -0.840. The first-order chi connectivity index (χ1) is 6.27. The summed E-state index contributed by atoms with van der Waals surface area (Å²) < 4.78 is 15.2. The number of ether oxygens (including phenoxy) is 2. The van der Waals surface area contributed by atoms with Crippen LogP contribution in [0.2, 0.25) is 0 Å². The molecular weight excluding hydrogens is 170 g/mol. The van der Waals surface area contributed by atoms with Crippen LogP contribution in [0.3, 0.4) is 0 Å². The van der Waals surface area contributed by atoms with Crippen molar-refractivity contribution in [2.45, 2.75) is 12.6 Å². The molecule has 0 spiro atoms. The summed E-state index contributed by atoms with van der Waals surface area (Å²) in [5, 5.41) is 0. The minimum absolute atomic E-state index is 0.199. The number of furan rings is 1. The fourth-order valence-electron chi connectivity index (χ4n) is 1.08. The van der Waals surface area contributed by atoms with Crippen LogP contribution in [0, 0.1) is 0 Å². The summed E-state index contributed by atoms with van der Waals surface area (Å²) in [6.07, 6.45) is 0. The summed E-state index contributed by atoms with van der Waals surface area (Å²) in [4.78, 5) is 0. The van der Waals surface area contributed by atoms with E-state index >= 15 is 0 Å². The highest BCUT2D eigenvalue weighted by atomic mass is 16.5. The fourth-order valence-corrected chi connectivity index (χ4v) is 1.08. The molecule has 4 heteroatoms. The Labute approximate surface area is 77.6 Å². The molecule has 0 saturated carbocycles. The maximum atomic E-state index is 5.76. The van der Waals surface area contributed by atoms with Crippen LogP contribution >= 0.6 is 0 Å². The van der Waals surface area contributed by atoms with Crippen molar-refractivity contribution in [2.24, 2.45) is 5.73 Å². The van der Waals surface area contributed by atoms with Gasteiger partial charge in [-0.25, -0.2) is 0 Å². The second kappa shape index (κ2) is 5.01. The summed E-state index contributed by atoms with van der Waals surface area (Å²) in [5.74, 6) is 1.51. The van der Waals surface area contributed by atoms with Crippen molar-refractivity contribution in [3.63, 3.8) is 0 Å². The minimum atomic E-state index is -0.199. The number of hydrogen-bond donors (Lipinski definition) is 1. The van der Waals surface area contributed by atoms with Crippen molar-refractivity contribution in [3.05, 3.63) is 23.7 Å². The molecule has 1 rings (SSSR count). The third-order valence-corrected chi connectivity index (χ3v) is 1.68. The zero-order valence-electron chi connectivity index (χ0n) is 7.95. The normalized spacial score (nSPS) is 13.2. The van der Waals surface area contributed by atoms with Crippen LogP contribution in [-0.4, -0.2) is 20.8 Å². The van der Waals surface area contributed by atoms with Crippen LogP contribution in [0.4, 0.5) is 0 Å². The quantitative estimate of drug-likeness (QED) is 0.745. The average Bonchev–Trinajstić information content (AvgIpc) is 2.54. The smallest absolute Gasteiger partial charge is 0.129 e. The standard InChI is InChI=1S/C9H15NO3/c1-11-5-7-3-4-9(13-7)8(10)6-12-2/h3-4,8H,5-6,10H2,1-2H3. The van der Waals surface area contributed by atoms with Crippen LogP contribution in [0.1, 0.15) is 17.6 Å². The van der Waals surface area contributed by atoms with Gasteiger partial charge in [-0.05, 0) is 12.1 Å². The van der Waals surface area contributed by atoms with E-state index in [0.717, 1.165) is 11.5 Å². The van der Waals surface area contributed by atoms with Gasteiger partial charge in [0.05, 0.1) is 12.6 Å². The molecule has 0 radical (unpaired) electrons. The topological polar surface area (TPSA) is 57.6 Å². The highest BCUT2D eigenvalue weighted by molar-refractivity contribution is 5.09. The summed E-state index contributed by atoms with van der Waals surface area (Å²) in [5.41, 5.74) is 5.76. The lowest BCUT2D eigenvalue weighted by molar-refractivity contribution is 0.152. The van der Waals surface area contributed by atoms with E-state index in [-0.39, 0.29) is 6.04 Å². The monoisotopic (exact) mass is 185 g/mol. The Balaban J connectivity index is 2.56. The van der Waals surface area contributed by atoms with Gasteiger partial charge in [0.15, 0.2) is 0 Å². The largest absolute Gasteiger partial charge is 0.462 e. The third-order valence-electron chi connectivity index (χ3n) is 1.68. The first-order valence-corrected chi connectivity index (χ1v) is 4.10. The molecule has 0 bridgehead atoms. The Kier molecular flexibility index (Phi) is 3.95. The van der Waals surface area contributed by atoms with Crippen LogP contribution in [-0.2, 0) is 16.1 Å². The molecule has 74 valence electrons. The molecule has 1 atom stereocenters. The molecule has 1 aromatic heterocycles. The van der Waals surface area contributed by atoms with Crippen molar-refractivity contribution in [1.82, 2.24) is 0 Å². The molecule has 0 aliphatic carbocycles. The van der Waals surface area contributed by atoms with E-state index in [9.17, 15) is 0 Å². The zero-order chi connectivity index (χ0) is 9.68. The molecule has 2 N–H and O–H groups in total. The van der Waals surface area contributed by atoms with Gasteiger partial charge in [-0.2, -0.15) is 0 Å². The molecule has 4 nitrogen and oxygen atoms in total. The Morgan fingerprint density at radius 3 is 2.77 bits per heavy atom. The van der Waals surface area contributed by atoms with E-state index in [1.54, 1.807) is 14.2 Å². The summed E-state index contributed by atoms with van der Waals surface area (Å²) >= 11 is 0. The van der Waals surface area contributed by atoms with Gasteiger partial charge in [-0.15, -0.1) is 0 Å². The van der Waals surface area contributed by atoms with Crippen LogP contribution in [0.25, 0.3) is 0 Å². The molecule has 0 amide bonds. The van der Waals surface area contributed by atoms with Crippen LogP contribution < -0.4 is 5.73 Å². The molecule has 1 heterocycles. The van der Waals surface area contributed by atoms with E-state index in [0.29, 0.717) is 13.2 Å². The van der Waals surface area contributed by atoms with Gasteiger partial charge in [0.1, 0.15) is 18.1 Å². The second-order valence-electron chi connectivity index (χ2n) is 2.80. The zero-order valence-corrected chi connectivity index (χ0v) is 7.95. The SMILES string of the molecule is COCc1ccc(C(N)COC)o1. The first-order valence-electron chi connectivity index (χ1n) is 4.10. The van der Waals surface area contributed by atoms with Crippen molar-refractivity contribution in [2.75, 3.05) is 20.8 Å². The number of hydrogen-bond acceptors (Lipinski definition) is 4.